The van der Waals surface area contributed by atoms with Crippen LogP contribution in [0.25, 0.3) is 0 Å². The molecule has 1 aromatic heterocycles. The van der Waals surface area contributed by atoms with Gasteiger partial charge in [-0.3, -0.25) is 0 Å². The molecule has 5 heteroatoms. The van der Waals surface area contributed by atoms with E-state index in [1.807, 2.05) is 24.3 Å². The van der Waals surface area contributed by atoms with Gasteiger partial charge in [0.15, 0.2) is 5.82 Å². The number of nitrogens with two attached hydrogens (primary N) is 1. The van der Waals surface area contributed by atoms with Crippen molar-refractivity contribution in [1.29, 1.82) is 0 Å². The second-order valence-corrected chi connectivity index (χ2v) is 4.81. The minimum absolute atomic E-state index is 0.398. The molecule has 2 aromatic rings. The van der Waals surface area contributed by atoms with Crippen LogP contribution in [-0.4, -0.2) is 23.8 Å². The molecule has 0 bridgehead atoms. The number of methoxy groups -OCH3 is 1. The molecule has 0 amide bonds. The van der Waals surface area contributed by atoms with Crippen LogP contribution in [0.5, 0.6) is 5.75 Å². The first kappa shape index (κ1) is 14.5. The SMILES string of the molecule is CCC(CN)Cc1nc(Cc2ccccc2OC)no1. The third kappa shape index (κ3) is 3.57. The van der Waals surface area contributed by atoms with E-state index >= 15 is 0 Å². The third-order valence-corrected chi connectivity index (χ3v) is 3.43. The minimum Gasteiger partial charge on any atom is -0.496 e. The molecule has 1 atom stereocenters. The van der Waals surface area contributed by atoms with Gasteiger partial charge in [-0.05, 0) is 18.5 Å². The zero-order chi connectivity index (χ0) is 14.4. The molecule has 0 aliphatic rings. The average Bonchev–Trinajstić information content (AvgIpc) is 2.92. The van der Waals surface area contributed by atoms with Crippen molar-refractivity contribution >= 4 is 0 Å². The highest BCUT2D eigenvalue weighted by Crippen LogP contribution is 2.20. The molecule has 1 heterocycles. The van der Waals surface area contributed by atoms with Crippen molar-refractivity contribution in [3.63, 3.8) is 0 Å². The van der Waals surface area contributed by atoms with Crippen LogP contribution in [0, 0.1) is 5.92 Å². The van der Waals surface area contributed by atoms with Crippen LogP contribution in [0.4, 0.5) is 0 Å². The number of rotatable bonds is 7. The fourth-order valence-electron chi connectivity index (χ4n) is 2.11. The Morgan fingerprint density at radius 1 is 1.35 bits per heavy atom. The lowest BCUT2D eigenvalue weighted by molar-refractivity contribution is 0.347. The van der Waals surface area contributed by atoms with Crippen LogP contribution in [0.1, 0.15) is 30.6 Å². The zero-order valence-electron chi connectivity index (χ0n) is 12.0. The van der Waals surface area contributed by atoms with E-state index in [0.717, 1.165) is 24.2 Å². The Bertz CT molecular complexity index is 535. The van der Waals surface area contributed by atoms with Gasteiger partial charge in [-0.15, -0.1) is 0 Å². The summed E-state index contributed by atoms with van der Waals surface area (Å²) in [4.78, 5) is 4.43. The van der Waals surface area contributed by atoms with Gasteiger partial charge in [-0.25, -0.2) is 0 Å². The average molecular weight is 275 g/mol. The molecule has 0 saturated heterocycles. The van der Waals surface area contributed by atoms with E-state index in [9.17, 15) is 0 Å². The van der Waals surface area contributed by atoms with Gasteiger partial charge in [0.05, 0.1) is 7.11 Å². The summed E-state index contributed by atoms with van der Waals surface area (Å²) in [6.07, 6.45) is 2.36. The monoisotopic (exact) mass is 275 g/mol. The van der Waals surface area contributed by atoms with E-state index in [1.165, 1.54) is 0 Å². The fourth-order valence-corrected chi connectivity index (χ4v) is 2.11. The van der Waals surface area contributed by atoms with Crippen LogP contribution in [0.15, 0.2) is 28.8 Å². The molecule has 0 radical (unpaired) electrons. The molecule has 0 saturated carbocycles. The lowest BCUT2D eigenvalue weighted by Crippen LogP contribution is -2.16. The zero-order valence-corrected chi connectivity index (χ0v) is 12.0. The van der Waals surface area contributed by atoms with Crippen molar-refractivity contribution in [2.75, 3.05) is 13.7 Å². The fraction of sp³-hybridized carbons (Fsp3) is 0.467. The molecule has 1 aromatic carbocycles. The van der Waals surface area contributed by atoms with Gasteiger partial charge >= 0.3 is 0 Å². The number of hydrogen-bond donors (Lipinski definition) is 1. The molecular weight excluding hydrogens is 254 g/mol. The van der Waals surface area contributed by atoms with Crippen LogP contribution < -0.4 is 10.5 Å². The van der Waals surface area contributed by atoms with Crippen molar-refractivity contribution < 1.29 is 9.26 Å². The number of para-hydroxylation sites is 1. The Balaban J connectivity index is 2.06. The summed E-state index contributed by atoms with van der Waals surface area (Å²) in [7, 11) is 1.66. The van der Waals surface area contributed by atoms with Crippen molar-refractivity contribution in [2.45, 2.75) is 26.2 Å². The molecule has 2 N–H and O–H groups in total. The first-order chi connectivity index (χ1) is 9.76. The van der Waals surface area contributed by atoms with Crippen LogP contribution in [0.2, 0.25) is 0 Å². The Kier molecular flexibility index (Phi) is 5.12. The lowest BCUT2D eigenvalue weighted by Gasteiger charge is -2.07. The topological polar surface area (TPSA) is 74.2 Å². The predicted molar refractivity (Wildman–Crippen MR) is 76.6 cm³/mol. The second-order valence-electron chi connectivity index (χ2n) is 4.81. The van der Waals surface area contributed by atoms with E-state index < -0.39 is 0 Å². The summed E-state index contributed by atoms with van der Waals surface area (Å²) < 4.78 is 10.6. The van der Waals surface area contributed by atoms with E-state index in [2.05, 4.69) is 17.1 Å². The van der Waals surface area contributed by atoms with Gasteiger partial charge in [0, 0.05) is 18.4 Å². The maximum Gasteiger partial charge on any atom is 0.226 e. The number of benzene rings is 1. The molecule has 20 heavy (non-hydrogen) atoms. The quantitative estimate of drug-likeness (QED) is 0.838. The van der Waals surface area contributed by atoms with Crippen molar-refractivity contribution in [1.82, 2.24) is 10.1 Å². The summed E-state index contributed by atoms with van der Waals surface area (Å²) in [5, 5.41) is 4.03. The van der Waals surface area contributed by atoms with Gasteiger partial charge in [-0.1, -0.05) is 36.7 Å². The predicted octanol–water partition coefficient (Wildman–Crippen LogP) is 2.20. The normalized spacial score (nSPS) is 12.3. The highest BCUT2D eigenvalue weighted by atomic mass is 16.5. The smallest absolute Gasteiger partial charge is 0.226 e. The Morgan fingerprint density at radius 2 is 2.15 bits per heavy atom. The van der Waals surface area contributed by atoms with Gasteiger partial charge in [-0.2, -0.15) is 4.98 Å². The molecule has 1 unspecified atom stereocenters. The Morgan fingerprint density at radius 3 is 2.85 bits per heavy atom. The largest absolute Gasteiger partial charge is 0.496 e. The highest BCUT2D eigenvalue weighted by molar-refractivity contribution is 5.35. The van der Waals surface area contributed by atoms with Crippen LogP contribution >= 0.6 is 0 Å². The van der Waals surface area contributed by atoms with Crippen LogP contribution in [-0.2, 0) is 12.8 Å². The van der Waals surface area contributed by atoms with E-state index in [4.69, 9.17) is 15.0 Å². The molecule has 5 nitrogen and oxygen atoms in total. The summed E-state index contributed by atoms with van der Waals surface area (Å²) >= 11 is 0. The molecule has 0 aliphatic heterocycles. The third-order valence-electron chi connectivity index (χ3n) is 3.43. The Labute approximate surface area is 119 Å². The van der Waals surface area contributed by atoms with Gasteiger partial charge in [0.1, 0.15) is 5.75 Å². The second kappa shape index (κ2) is 7.05. The first-order valence-electron chi connectivity index (χ1n) is 6.90. The molecule has 2 rings (SSSR count). The number of ether oxygens (including phenoxy) is 1. The minimum atomic E-state index is 0.398. The van der Waals surface area contributed by atoms with Crippen molar-refractivity contribution in [3.05, 3.63) is 41.5 Å². The van der Waals surface area contributed by atoms with Gasteiger partial charge in [0.25, 0.3) is 0 Å². The van der Waals surface area contributed by atoms with Gasteiger partial charge < -0.3 is 15.0 Å². The highest BCUT2D eigenvalue weighted by Gasteiger charge is 2.13. The van der Waals surface area contributed by atoms with Crippen molar-refractivity contribution in [3.8, 4) is 5.75 Å². The lowest BCUT2D eigenvalue weighted by atomic mass is 10.0. The standard InChI is InChI=1S/C15H21N3O2/c1-3-11(10-16)8-15-17-14(18-20-15)9-12-6-4-5-7-13(12)19-2/h4-7,11H,3,8-10,16H2,1-2H3. The number of hydrogen-bond acceptors (Lipinski definition) is 5. The number of nitrogens with zero attached hydrogens (tertiary/aromatic N) is 2. The maximum atomic E-state index is 5.69. The summed E-state index contributed by atoms with van der Waals surface area (Å²) in [5.41, 5.74) is 6.74. The summed E-state index contributed by atoms with van der Waals surface area (Å²) in [6, 6.07) is 7.85. The number of aromatic nitrogens is 2. The molecule has 0 aliphatic carbocycles. The maximum absolute atomic E-state index is 5.69. The van der Waals surface area contributed by atoms with Gasteiger partial charge in [0.2, 0.25) is 5.89 Å². The summed E-state index contributed by atoms with van der Waals surface area (Å²) in [5.74, 6) is 2.57. The van der Waals surface area contributed by atoms with E-state index in [1.54, 1.807) is 7.11 Å². The Hall–Kier alpha value is -1.88. The van der Waals surface area contributed by atoms with Crippen LogP contribution in [0.3, 0.4) is 0 Å². The summed E-state index contributed by atoms with van der Waals surface area (Å²) in [6.45, 7) is 2.75. The van der Waals surface area contributed by atoms with E-state index in [-0.39, 0.29) is 0 Å². The molecular formula is C15H21N3O2. The molecule has 0 spiro atoms. The molecule has 0 fully saturated rings. The van der Waals surface area contributed by atoms with E-state index in [0.29, 0.717) is 30.6 Å². The van der Waals surface area contributed by atoms with Crippen molar-refractivity contribution in [2.24, 2.45) is 11.7 Å². The molecule has 108 valence electrons. The first-order valence-corrected chi connectivity index (χ1v) is 6.90.